The maximum atomic E-state index is 11.7. The fourth-order valence-electron chi connectivity index (χ4n) is 1.97. The molecule has 1 aromatic carbocycles. The molecule has 0 spiro atoms. The number of fused-ring (bicyclic) bond motifs is 1. The summed E-state index contributed by atoms with van der Waals surface area (Å²) in [7, 11) is 1.58. The smallest absolute Gasteiger partial charge is 0.316 e. The first-order valence-corrected chi connectivity index (χ1v) is 6.99. The summed E-state index contributed by atoms with van der Waals surface area (Å²) >= 11 is 1.56. The Balaban J connectivity index is 2.07. The number of rotatable bonds is 3. The Morgan fingerprint density at radius 3 is 2.90 bits per heavy atom. The summed E-state index contributed by atoms with van der Waals surface area (Å²) in [5.74, 6) is 0. The van der Waals surface area contributed by atoms with Gasteiger partial charge in [-0.25, -0.2) is 9.48 Å². The molecule has 102 valence electrons. The van der Waals surface area contributed by atoms with Crippen molar-refractivity contribution in [3.8, 4) is 0 Å². The molecule has 0 aliphatic carbocycles. The number of urea groups is 1. The van der Waals surface area contributed by atoms with Crippen LogP contribution in [0.15, 0.2) is 41.8 Å². The number of hydrogen-bond donors (Lipinski definition) is 2. The van der Waals surface area contributed by atoms with Gasteiger partial charge < -0.3 is 10.6 Å². The lowest BCUT2D eigenvalue weighted by Crippen LogP contribution is -2.38. The van der Waals surface area contributed by atoms with Gasteiger partial charge in [-0.1, -0.05) is 23.4 Å². The number of carbonyl (C=O) groups excluding carboxylic acids is 1. The minimum absolute atomic E-state index is 0.261. The minimum Gasteiger partial charge on any atom is -0.341 e. The topological polar surface area (TPSA) is 71.8 Å². The predicted molar refractivity (Wildman–Crippen MR) is 77.6 cm³/mol. The first kappa shape index (κ1) is 12.6. The fourth-order valence-corrected chi connectivity index (χ4v) is 2.73. The lowest BCUT2D eigenvalue weighted by molar-refractivity contribution is 0.236. The second-order valence-electron chi connectivity index (χ2n) is 4.16. The molecule has 2 heterocycles. The molecule has 1 unspecified atom stereocenters. The number of thiophene rings is 1. The monoisotopic (exact) mass is 287 g/mol. The van der Waals surface area contributed by atoms with Crippen LogP contribution in [0, 0.1) is 0 Å². The second-order valence-corrected chi connectivity index (χ2v) is 5.14. The second kappa shape index (κ2) is 5.30. The highest BCUT2D eigenvalue weighted by Crippen LogP contribution is 2.23. The van der Waals surface area contributed by atoms with Crippen LogP contribution in [0.1, 0.15) is 11.0 Å². The average molecular weight is 287 g/mol. The van der Waals surface area contributed by atoms with E-state index in [1.807, 2.05) is 41.8 Å². The first-order valence-electron chi connectivity index (χ1n) is 6.11. The van der Waals surface area contributed by atoms with Crippen LogP contribution in [0.2, 0.25) is 0 Å². The van der Waals surface area contributed by atoms with Crippen molar-refractivity contribution in [3.63, 3.8) is 0 Å². The maximum Gasteiger partial charge on any atom is 0.316 e. The van der Waals surface area contributed by atoms with E-state index in [2.05, 4.69) is 20.9 Å². The molecular formula is C13H13N5OS. The Labute approximate surface area is 119 Å². The van der Waals surface area contributed by atoms with E-state index in [1.165, 1.54) is 0 Å². The molecule has 0 aliphatic rings. The van der Waals surface area contributed by atoms with Crippen molar-refractivity contribution in [2.24, 2.45) is 0 Å². The Morgan fingerprint density at radius 1 is 1.30 bits per heavy atom. The number of para-hydroxylation sites is 1. The quantitative estimate of drug-likeness (QED) is 0.773. The summed E-state index contributed by atoms with van der Waals surface area (Å²) < 4.78 is 1.72. The van der Waals surface area contributed by atoms with Crippen LogP contribution in [0.3, 0.4) is 0 Å². The number of nitrogens with one attached hydrogen (secondary N) is 2. The van der Waals surface area contributed by atoms with Crippen molar-refractivity contribution < 1.29 is 4.79 Å². The average Bonchev–Trinajstić information content (AvgIpc) is 3.14. The van der Waals surface area contributed by atoms with Crippen LogP contribution in [-0.2, 0) is 0 Å². The van der Waals surface area contributed by atoms with Crippen molar-refractivity contribution in [2.75, 3.05) is 7.05 Å². The van der Waals surface area contributed by atoms with E-state index in [9.17, 15) is 4.79 Å². The van der Waals surface area contributed by atoms with Crippen LogP contribution in [0.25, 0.3) is 11.0 Å². The molecule has 1 atom stereocenters. The molecule has 0 radical (unpaired) electrons. The summed E-state index contributed by atoms with van der Waals surface area (Å²) in [5.41, 5.74) is 1.68. The zero-order valence-electron chi connectivity index (χ0n) is 10.8. The van der Waals surface area contributed by atoms with Gasteiger partial charge in [0, 0.05) is 11.9 Å². The van der Waals surface area contributed by atoms with E-state index >= 15 is 0 Å². The molecule has 0 fully saturated rings. The zero-order chi connectivity index (χ0) is 13.9. The Bertz CT molecular complexity index is 721. The van der Waals surface area contributed by atoms with Gasteiger partial charge in [-0.05, 0) is 23.6 Å². The van der Waals surface area contributed by atoms with Gasteiger partial charge in [0.25, 0.3) is 0 Å². The molecular weight excluding hydrogens is 274 g/mol. The lowest BCUT2D eigenvalue weighted by atomic mass is 10.3. The standard InChI is InChI=1S/C13H13N5OS/c1-14-13(19)15-12(11-7-4-8-20-11)18-10-6-3-2-5-9(10)16-17-18/h2-8,12H,1H3,(H2,14,15,19). The van der Waals surface area contributed by atoms with Gasteiger partial charge in [0.05, 0.1) is 5.52 Å². The highest BCUT2D eigenvalue weighted by atomic mass is 32.1. The minimum atomic E-state index is -0.373. The number of aromatic nitrogens is 3. The van der Waals surface area contributed by atoms with Gasteiger partial charge in [-0.2, -0.15) is 0 Å². The van der Waals surface area contributed by atoms with E-state index in [1.54, 1.807) is 23.1 Å². The van der Waals surface area contributed by atoms with E-state index in [-0.39, 0.29) is 12.2 Å². The number of hydrogen-bond acceptors (Lipinski definition) is 4. The zero-order valence-corrected chi connectivity index (χ0v) is 11.6. The third-order valence-corrected chi connectivity index (χ3v) is 3.85. The molecule has 0 aliphatic heterocycles. The number of nitrogens with zero attached hydrogens (tertiary/aromatic N) is 3. The van der Waals surface area contributed by atoms with E-state index in [0.29, 0.717) is 0 Å². The molecule has 2 amide bonds. The highest BCUT2D eigenvalue weighted by molar-refractivity contribution is 7.10. The molecule has 20 heavy (non-hydrogen) atoms. The number of benzene rings is 1. The maximum absolute atomic E-state index is 11.7. The SMILES string of the molecule is CNC(=O)NC(c1cccs1)n1nnc2ccccc21. The number of amides is 2. The Kier molecular flexibility index (Phi) is 3.34. The molecule has 0 saturated heterocycles. The van der Waals surface area contributed by atoms with Gasteiger partial charge in [-0.15, -0.1) is 16.4 Å². The van der Waals surface area contributed by atoms with E-state index < -0.39 is 0 Å². The number of carbonyl (C=O) groups is 1. The van der Waals surface area contributed by atoms with Crippen LogP contribution >= 0.6 is 11.3 Å². The van der Waals surface area contributed by atoms with Crippen molar-refractivity contribution in [1.82, 2.24) is 25.6 Å². The fraction of sp³-hybridized carbons (Fsp3) is 0.154. The van der Waals surface area contributed by atoms with Crippen LogP contribution in [0.5, 0.6) is 0 Å². The van der Waals surface area contributed by atoms with Crippen molar-refractivity contribution in [1.29, 1.82) is 0 Å². The Morgan fingerprint density at radius 2 is 2.15 bits per heavy atom. The van der Waals surface area contributed by atoms with Gasteiger partial charge in [-0.3, -0.25) is 0 Å². The largest absolute Gasteiger partial charge is 0.341 e. The van der Waals surface area contributed by atoms with Gasteiger partial charge in [0.15, 0.2) is 6.17 Å². The summed E-state index contributed by atoms with van der Waals surface area (Å²) in [6, 6.07) is 11.3. The van der Waals surface area contributed by atoms with Crippen molar-refractivity contribution in [3.05, 3.63) is 46.7 Å². The summed E-state index contributed by atoms with van der Waals surface area (Å²) in [6.45, 7) is 0. The van der Waals surface area contributed by atoms with Gasteiger partial charge in [0.2, 0.25) is 0 Å². The predicted octanol–water partition coefficient (Wildman–Crippen LogP) is 1.97. The summed E-state index contributed by atoms with van der Waals surface area (Å²) in [4.78, 5) is 12.7. The highest BCUT2D eigenvalue weighted by Gasteiger charge is 2.20. The third kappa shape index (κ3) is 2.23. The molecule has 6 nitrogen and oxygen atoms in total. The van der Waals surface area contributed by atoms with E-state index in [4.69, 9.17) is 0 Å². The molecule has 7 heteroatoms. The molecule has 3 rings (SSSR count). The summed E-state index contributed by atoms with van der Waals surface area (Å²) in [6.07, 6.45) is -0.373. The van der Waals surface area contributed by atoms with Gasteiger partial charge in [0.1, 0.15) is 5.52 Å². The Hall–Kier alpha value is -2.41. The molecule has 0 bridgehead atoms. The first-order chi connectivity index (χ1) is 9.79. The normalized spacial score (nSPS) is 12.2. The molecule has 0 saturated carbocycles. The van der Waals surface area contributed by atoms with Crippen molar-refractivity contribution in [2.45, 2.75) is 6.17 Å². The third-order valence-electron chi connectivity index (χ3n) is 2.93. The van der Waals surface area contributed by atoms with Crippen LogP contribution in [0.4, 0.5) is 4.79 Å². The van der Waals surface area contributed by atoms with Crippen LogP contribution < -0.4 is 10.6 Å². The van der Waals surface area contributed by atoms with Crippen molar-refractivity contribution >= 4 is 28.4 Å². The lowest BCUT2D eigenvalue weighted by Gasteiger charge is -2.17. The van der Waals surface area contributed by atoms with Gasteiger partial charge >= 0.3 is 6.03 Å². The van der Waals surface area contributed by atoms with E-state index in [0.717, 1.165) is 15.9 Å². The van der Waals surface area contributed by atoms with Crippen LogP contribution in [-0.4, -0.2) is 28.1 Å². The molecule has 2 aromatic heterocycles. The molecule has 3 aromatic rings. The molecule has 2 N–H and O–H groups in total. The summed E-state index contributed by atoms with van der Waals surface area (Å²) in [5, 5.41) is 15.7.